The topological polar surface area (TPSA) is 102 Å². The monoisotopic (exact) mass is 694 g/mol. The van der Waals surface area contributed by atoms with Gasteiger partial charge in [0.25, 0.3) is 0 Å². The molecule has 1 heterocycles. The van der Waals surface area contributed by atoms with E-state index in [9.17, 15) is 9.90 Å². The third-order valence-electron chi connectivity index (χ3n) is 8.83. The Morgan fingerprint density at radius 2 is 1.72 bits per heavy atom. The van der Waals surface area contributed by atoms with Gasteiger partial charge in [-0.25, -0.2) is 4.79 Å². The van der Waals surface area contributed by atoms with Gasteiger partial charge in [0.05, 0.1) is 19.8 Å². The minimum atomic E-state index is -1.93. The van der Waals surface area contributed by atoms with Gasteiger partial charge in [-0.2, -0.15) is 0 Å². The minimum Gasteiger partial charge on any atom is -0.497 e. The van der Waals surface area contributed by atoms with E-state index in [1.165, 1.54) is 7.11 Å². The van der Waals surface area contributed by atoms with Crippen LogP contribution in [-0.2, 0) is 23.4 Å². The number of rotatable bonds is 17. The van der Waals surface area contributed by atoms with Crippen molar-refractivity contribution >= 4 is 28.4 Å². The molecule has 11 heteroatoms. The summed E-state index contributed by atoms with van der Waals surface area (Å²) in [6.45, 7) is 26.1. The highest BCUT2D eigenvalue weighted by Crippen LogP contribution is 2.38. The van der Waals surface area contributed by atoms with Crippen molar-refractivity contribution in [1.82, 2.24) is 0 Å². The van der Waals surface area contributed by atoms with Crippen LogP contribution in [0.3, 0.4) is 0 Å². The standard InChI is InChI=1S/C36H62O9Si2/c1-25(26(2)45-47(13,14)35(3,4)5)18-19-29(37)33-30(43-36(6,7)44-33)17-15-16-27-22-28(40-9)23-31(42-24-39-8)32(27)34(38)41-20-21-46(10,11)12/h15-16,18-19,22-23,25-26,29-30,33,37H,17,20-21,24H2,1-14H3/b16-15+,19-18-/t25-,26-,29?,30+,33+/m0/s1. The Labute approximate surface area is 286 Å². The number of esters is 1. The number of carbonyl (C=O) groups is 1. The lowest BCUT2D eigenvalue weighted by Gasteiger charge is -2.39. The van der Waals surface area contributed by atoms with Crippen LogP contribution in [0.1, 0.15) is 70.8 Å². The molecule has 0 bridgehead atoms. The molecule has 0 aromatic heterocycles. The molecule has 1 fully saturated rings. The Morgan fingerprint density at radius 3 is 2.30 bits per heavy atom. The smallest absolute Gasteiger partial charge is 0.342 e. The molecule has 9 nitrogen and oxygen atoms in total. The van der Waals surface area contributed by atoms with Crippen LogP contribution >= 0.6 is 0 Å². The number of ether oxygens (including phenoxy) is 6. The SMILES string of the molecule is COCOc1cc(OC)cc(/C=C/C[C@H]2OC(C)(C)O[C@@H]2C(O)/C=C\[C@H](C)[C@H](C)O[Si](C)(C)C(C)(C)C)c1C(=O)OCC[Si](C)(C)C. The highest BCUT2D eigenvalue weighted by Gasteiger charge is 2.44. The molecule has 268 valence electrons. The van der Waals surface area contributed by atoms with Crippen molar-refractivity contribution in [2.75, 3.05) is 27.6 Å². The number of aliphatic hydroxyl groups excluding tert-OH is 1. The molecule has 1 aromatic carbocycles. The van der Waals surface area contributed by atoms with Crippen molar-refractivity contribution in [3.8, 4) is 11.5 Å². The Bertz CT molecular complexity index is 1210. The average molecular weight is 695 g/mol. The summed E-state index contributed by atoms with van der Waals surface area (Å²) in [4.78, 5) is 13.4. The molecule has 0 saturated carbocycles. The summed E-state index contributed by atoms with van der Waals surface area (Å²) in [5.41, 5.74) is 0.870. The number of carbonyl (C=O) groups excluding carboxylic acids is 1. The average Bonchev–Trinajstić information content (AvgIpc) is 3.26. The van der Waals surface area contributed by atoms with Gasteiger partial charge in [-0.1, -0.05) is 71.6 Å². The zero-order valence-corrected chi connectivity index (χ0v) is 33.4. The highest BCUT2D eigenvalue weighted by molar-refractivity contribution is 6.76. The lowest BCUT2D eigenvalue weighted by atomic mass is 10.00. The minimum absolute atomic E-state index is 0.00677. The van der Waals surface area contributed by atoms with Crippen molar-refractivity contribution in [2.45, 2.75) is 129 Å². The summed E-state index contributed by atoms with van der Waals surface area (Å²) in [5.74, 6) is -0.415. The summed E-state index contributed by atoms with van der Waals surface area (Å²) < 4.78 is 41.1. The molecular formula is C36H62O9Si2. The van der Waals surface area contributed by atoms with Gasteiger partial charge in [-0.15, -0.1) is 0 Å². The van der Waals surface area contributed by atoms with E-state index in [1.54, 1.807) is 25.3 Å². The van der Waals surface area contributed by atoms with Crippen LogP contribution in [0.5, 0.6) is 11.5 Å². The zero-order valence-electron chi connectivity index (χ0n) is 31.4. The van der Waals surface area contributed by atoms with Crippen LogP contribution < -0.4 is 9.47 Å². The Hall–Kier alpha value is -2.00. The molecule has 1 aromatic rings. The summed E-state index contributed by atoms with van der Waals surface area (Å²) in [6.07, 6.45) is 6.05. The normalized spacial score (nSPS) is 20.8. The number of hydrogen-bond acceptors (Lipinski definition) is 9. The predicted molar refractivity (Wildman–Crippen MR) is 193 cm³/mol. The maximum atomic E-state index is 13.4. The third-order valence-corrected chi connectivity index (χ3v) is 15.1. The lowest BCUT2D eigenvalue weighted by Crippen LogP contribution is -2.44. The second-order valence-electron chi connectivity index (χ2n) is 15.7. The number of benzene rings is 1. The second-order valence-corrected chi connectivity index (χ2v) is 26.1. The van der Waals surface area contributed by atoms with Crippen LogP contribution in [0.25, 0.3) is 6.08 Å². The first-order chi connectivity index (χ1) is 21.6. The molecule has 1 unspecified atom stereocenters. The van der Waals surface area contributed by atoms with Gasteiger partial charge in [-0.3, -0.25) is 0 Å². The van der Waals surface area contributed by atoms with E-state index < -0.39 is 46.5 Å². The first-order valence-electron chi connectivity index (χ1n) is 16.7. The van der Waals surface area contributed by atoms with Gasteiger partial charge in [0.2, 0.25) is 0 Å². The molecule has 1 saturated heterocycles. The van der Waals surface area contributed by atoms with Gasteiger partial charge in [0.15, 0.2) is 20.9 Å². The molecule has 47 heavy (non-hydrogen) atoms. The number of hydrogen-bond donors (Lipinski definition) is 1. The molecule has 0 spiro atoms. The maximum absolute atomic E-state index is 13.4. The van der Waals surface area contributed by atoms with E-state index in [2.05, 4.69) is 67.4 Å². The predicted octanol–water partition coefficient (Wildman–Crippen LogP) is 8.06. The Balaban J connectivity index is 2.27. The number of aliphatic hydroxyl groups is 1. The van der Waals surface area contributed by atoms with Gasteiger partial charge >= 0.3 is 5.97 Å². The van der Waals surface area contributed by atoms with E-state index in [0.717, 1.165) is 6.04 Å². The van der Waals surface area contributed by atoms with Gasteiger partial charge < -0.3 is 38.0 Å². The first-order valence-corrected chi connectivity index (χ1v) is 23.3. The second kappa shape index (κ2) is 17.1. The van der Waals surface area contributed by atoms with Crippen LogP contribution in [0.4, 0.5) is 0 Å². The van der Waals surface area contributed by atoms with Crippen molar-refractivity contribution in [1.29, 1.82) is 0 Å². The molecule has 5 atom stereocenters. The molecule has 1 aliphatic rings. The van der Waals surface area contributed by atoms with Gasteiger partial charge in [0.1, 0.15) is 29.3 Å². The highest BCUT2D eigenvalue weighted by atomic mass is 28.4. The summed E-state index contributed by atoms with van der Waals surface area (Å²) in [5, 5.41) is 11.4. The fraction of sp³-hybridized carbons (Fsp3) is 0.694. The van der Waals surface area contributed by atoms with Crippen LogP contribution in [0.15, 0.2) is 30.4 Å². The van der Waals surface area contributed by atoms with E-state index in [1.807, 2.05) is 32.1 Å². The Kier molecular flexibility index (Phi) is 15.0. The van der Waals surface area contributed by atoms with E-state index in [0.29, 0.717) is 35.7 Å². The fourth-order valence-corrected chi connectivity index (χ4v) is 7.02. The van der Waals surface area contributed by atoms with Crippen LogP contribution in [0.2, 0.25) is 43.8 Å². The van der Waals surface area contributed by atoms with E-state index >= 15 is 0 Å². The largest absolute Gasteiger partial charge is 0.497 e. The van der Waals surface area contributed by atoms with E-state index in [4.69, 9.17) is 32.8 Å². The molecule has 1 N–H and O–H groups in total. The van der Waals surface area contributed by atoms with Crippen molar-refractivity contribution in [3.05, 3.63) is 41.5 Å². The third kappa shape index (κ3) is 12.8. The summed E-state index contributed by atoms with van der Waals surface area (Å²) >= 11 is 0. The molecular weight excluding hydrogens is 633 g/mol. The van der Waals surface area contributed by atoms with Crippen LogP contribution in [0, 0.1) is 5.92 Å². The van der Waals surface area contributed by atoms with Crippen molar-refractivity contribution in [3.63, 3.8) is 0 Å². The maximum Gasteiger partial charge on any atom is 0.342 e. The Morgan fingerprint density at radius 1 is 1.06 bits per heavy atom. The summed E-state index contributed by atoms with van der Waals surface area (Å²) in [6, 6.07) is 4.27. The fourth-order valence-electron chi connectivity index (χ4n) is 4.80. The van der Waals surface area contributed by atoms with Crippen molar-refractivity contribution in [2.24, 2.45) is 5.92 Å². The van der Waals surface area contributed by atoms with Gasteiger partial charge in [0, 0.05) is 27.4 Å². The van der Waals surface area contributed by atoms with E-state index in [-0.39, 0.29) is 23.9 Å². The molecule has 1 aliphatic heterocycles. The number of methoxy groups -OCH3 is 2. The van der Waals surface area contributed by atoms with Crippen LogP contribution in [-0.4, -0.2) is 85.3 Å². The quantitative estimate of drug-likeness (QED) is 0.0751. The van der Waals surface area contributed by atoms with Gasteiger partial charge in [-0.05, 0) is 68.9 Å². The first kappa shape index (κ1) is 41.2. The molecule has 0 amide bonds. The molecule has 0 aliphatic carbocycles. The molecule has 2 rings (SSSR count). The summed E-state index contributed by atoms with van der Waals surface area (Å²) in [7, 11) is -0.258. The van der Waals surface area contributed by atoms with Crippen molar-refractivity contribution < 1.29 is 42.7 Å². The zero-order chi connectivity index (χ0) is 35.8. The molecule has 0 radical (unpaired) electrons. The lowest BCUT2D eigenvalue weighted by molar-refractivity contribution is -0.152.